The summed E-state index contributed by atoms with van der Waals surface area (Å²) in [5.41, 5.74) is 3.95. The zero-order chi connectivity index (χ0) is 19.6. The predicted molar refractivity (Wildman–Crippen MR) is 88.5 cm³/mol. The molecule has 3 aromatic rings. The van der Waals surface area contributed by atoms with E-state index < -0.39 is 12.5 Å². The molecule has 2 aromatic carbocycles. The Balaban J connectivity index is 1.44. The van der Waals surface area contributed by atoms with Crippen LogP contribution < -0.4 is 15.0 Å². The molecule has 1 atom stereocenters. The zero-order valence-corrected chi connectivity index (χ0v) is 14.0. The first-order valence-corrected chi connectivity index (χ1v) is 8.00. The summed E-state index contributed by atoms with van der Waals surface area (Å²) in [6, 6.07) is 12.4. The molecule has 144 valence electrons. The van der Waals surface area contributed by atoms with Crippen LogP contribution in [0.15, 0.2) is 71.3 Å². The van der Waals surface area contributed by atoms with Gasteiger partial charge in [0, 0.05) is 11.6 Å². The van der Waals surface area contributed by atoms with Crippen molar-refractivity contribution in [3.05, 3.63) is 72.4 Å². The number of aromatic nitrogens is 2. The molecule has 0 aliphatic carbocycles. The van der Waals surface area contributed by atoms with Gasteiger partial charge < -0.3 is 13.9 Å². The molecule has 0 bridgehead atoms. The summed E-state index contributed by atoms with van der Waals surface area (Å²) in [5, 5.41) is 7.46. The maximum absolute atomic E-state index is 12.2. The first-order valence-electron chi connectivity index (χ1n) is 8.00. The molecule has 0 saturated heterocycles. The molecule has 10 heteroatoms. The lowest BCUT2D eigenvalue weighted by molar-refractivity contribution is -0.274. The van der Waals surface area contributed by atoms with Gasteiger partial charge in [0.05, 0.1) is 0 Å². The molecule has 2 heterocycles. The summed E-state index contributed by atoms with van der Waals surface area (Å²) < 4.78 is 51.4. The van der Waals surface area contributed by atoms with Gasteiger partial charge in [-0.2, -0.15) is 0 Å². The van der Waals surface area contributed by atoms with E-state index in [0.29, 0.717) is 28.7 Å². The summed E-state index contributed by atoms with van der Waals surface area (Å²) in [7, 11) is 0. The lowest BCUT2D eigenvalue weighted by Gasteiger charge is -2.11. The van der Waals surface area contributed by atoms with Crippen molar-refractivity contribution in [1.29, 1.82) is 0 Å². The maximum Gasteiger partial charge on any atom is 0.573 e. The Morgan fingerprint density at radius 3 is 2.57 bits per heavy atom. The number of alkyl halides is 3. The van der Waals surface area contributed by atoms with E-state index in [-0.39, 0.29) is 5.75 Å². The Kier molecular flexibility index (Phi) is 4.62. The van der Waals surface area contributed by atoms with Crippen molar-refractivity contribution in [1.82, 2.24) is 15.7 Å². The Bertz CT molecular complexity index is 972. The highest BCUT2D eigenvalue weighted by Crippen LogP contribution is 2.29. The van der Waals surface area contributed by atoms with Crippen LogP contribution in [-0.2, 0) is 4.84 Å². The average molecular weight is 391 g/mol. The molecule has 1 N–H and O–H groups in total. The largest absolute Gasteiger partial charge is 0.573 e. The number of ether oxygens (including phenoxy) is 2. The second kappa shape index (κ2) is 7.24. The van der Waals surface area contributed by atoms with Crippen molar-refractivity contribution in [3.63, 3.8) is 0 Å². The van der Waals surface area contributed by atoms with E-state index in [1.807, 2.05) is 0 Å². The van der Waals surface area contributed by atoms with Crippen LogP contribution in [0.4, 0.5) is 13.2 Å². The van der Waals surface area contributed by atoms with Crippen LogP contribution in [0.25, 0.3) is 11.5 Å². The van der Waals surface area contributed by atoms with Crippen molar-refractivity contribution in [2.75, 3.05) is 0 Å². The number of hydroxylamine groups is 1. The van der Waals surface area contributed by atoms with Gasteiger partial charge in [0.15, 0.2) is 0 Å². The monoisotopic (exact) mass is 391 g/mol. The number of hydrogen-bond acceptors (Lipinski definition) is 7. The lowest BCUT2D eigenvalue weighted by Crippen LogP contribution is -2.17. The van der Waals surface area contributed by atoms with Gasteiger partial charge in [-0.1, -0.05) is 18.2 Å². The van der Waals surface area contributed by atoms with E-state index in [4.69, 9.17) is 14.0 Å². The van der Waals surface area contributed by atoms with Crippen LogP contribution in [0, 0.1) is 0 Å². The van der Waals surface area contributed by atoms with E-state index in [1.54, 1.807) is 30.3 Å². The van der Waals surface area contributed by atoms with Crippen molar-refractivity contribution in [2.45, 2.75) is 12.5 Å². The van der Waals surface area contributed by atoms with Crippen LogP contribution in [0.1, 0.15) is 11.7 Å². The van der Waals surface area contributed by atoms with Crippen molar-refractivity contribution >= 4 is 0 Å². The van der Waals surface area contributed by atoms with Crippen LogP contribution in [0.5, 0.6) is 11.5 Å². The molecular weight excluding hydrogens is 379 g/mol. The van der Waals surface area contributed by atoms with E-state index >= 15 is 0 Å². The van der Waals surface area contributed by atoms with Crippen LogP contribution in [0.3, 0.4) is 0 Å². The maximum atomic E-state index is 12.2. The minimum absolute atomic E-state index is 0.305. The SMILES string of the molecule is FC(F)(F)Oc1ccc(C2C=C(Oc3cccc(-c4nnco4)c3)NO2)cc1. The summed E-state index contributed by atoms with van der Waals surface area (Å²) >= 11 is 0. The summed E-state index contributed by atoms with van der Waals surface area (Å²) in [5.74, 6) is 0.894. The van der Waals surface area contributed by atoms with E-state index in [2.05, 4.69) is 20.4 Å². The van der Waals surface area contributed by atoms with Gasteiger partial charge in [-0.25, -0.2) is 5.48 Å². The molecule has 28 heavy (non-hydrogen) atoms. The quantitative estimate of drug-likeness (QED) is 0.701. The number of halogens is 3. The predicted octanol–water partition coefficient (Wildman–Crippen LogP) is 4.13. The molecule has 1 aliphatic heterocycles. The molecule has 0 spiro atoms. The normalized spacial score (nSPS) is 16.4. The molecule has 0 saturated carbocycles. The topological polar surface area (TPSA) is 78.6 Å². The van der Waals surface area contributed by atoms with Crippen molar-refractivity contribution < 1.29 is 31.9 Å². The third-order valence-corrected chi connectivity index (χ3v) is 3.70. The smallest absolute Gasteiger partial charge is 0.439 e. The van der Waals surface area contributed by atoms with Gasteiger partial charge in [0.1, 0.15) is 17.6 Å². The number of nitrogens with one attached hydrogen (secondary N) is 1. The Morgan fingerprint density at radius 1 is 1.04 bits per heavy atom. The second-order valence-electron chi connectivity index (χ2n) is 5.66. The Labute approximate surface area is 156 Å². The van der Waals surface area contributed by atoms with E-state index in [9.17, 15) is 13.2 Å². The van der Waals surface area contributed by atoms with Crippen molar-refractivity contribution in [3.8, 4) is 23.0 Å². The van der Waals surface area contributed by atoms with E-state index in [0.717, 1.165) is 0 Å². The molecule has 1 aliphatic rings. The lowest BCUT2D eigenvalue weighted by atomic mass is 10.1. The molecule has 0 radical (unpaired) electrons. The highest BCUT2D eigenvalue weighted by molar-refractivity contribution is 5.55. The number of nitrogens with zero attached hydrogens (tertiary/aromatic N) is 2. The molecule has 0 amide bonds. The Hall–Kier alpha value is -3.53. The van der Waals surface area contributed by atoms with Gasteiger partial charge in [-0.3, -0.25) is 4.84 Å². The molecule has 1 unspecified atom stereocenters. The van der Waals surface area contributed by atoms with Crippen LogP contribution in [0.2, 0.25) is 0 Å². The van der Waals surface area contributed by atoms with Crippen LogP contribution >= 0.6 is 0 Å². The molecule has 1 aromatic heterocycles. The minimum atomic E-state index is -4.73. The number of benzene rings is 2. The van der Waals surface area contributed by atoms with Gasteiger partial charge in [0.2, 0.25) is 18.2 Å². The summed E-state index contributed by atoms with van der Waals surface area (Å²) in [6.45, 7) is 0. The second-order valence-corrected chi connectivity index (χ2v) is 5.66. The fourth-order valence-electron chi connectivity index (χ4n) is 2.52. The first-order chi connectivity index (χ1) is 13.5. The van der Waals surface area contributed by atoms with Crippen LogP contribution in [-0.4, -0.2) is 16.6 Å². The highest BCUT2D eigenvalue weighted by Gasteiger charge is 2.31. The van der Waals surface area contributed by atoms with E-state index in [1.165, 1.54) is 30.7 Å². The number of rotatable bonds is 5. The molecule has 4 rings (SSSR count). The third kappa shape index (κ3) is 4.23. The molecule has 7 nitrogen and oxygen atoms in total. The van der Waals surface area contributed by atoms with Gasteiger partial charge >= 0.3 is 6.36 Å². The first kappa shape index (κ1) is 17.9. The third-order valence-electron chi connectivity index (χ3n) is 3.70. The van der Waals surface area contributed by atoms with Crippen molar-refractivity contribution in [2.24, 2.45) is 0 Å². The van der Waals surface area contributed by atoms with Gasteiger partial charge in [-0.05, 0) is 35.9 Å². The molecule has 0 fully saturated rings. The fourth-order valence-corrected chi connectivity index (χ4v) is 2.52. The minimum Gasteiger partial charge on any atom is -0.439 e. The summed E-state index contributed by atoms with van der Waals surface area (Å²) in [4.78, 5) is 5.40. The van der Waals surface area contributed by atoms with Gasteiger partial charge in [-0.15, -0.1) is 23.4 Å². The Morgan fingerprint density at radius 2 is 1.86 bits per heavy atom. The molecular formula is C18H12F3N3O4. The number of hydrogen-bond donors (Lipinski definition) is 1. The standard InChI is InChI=1S/C18H12F3N3O4/c19-18(20,21)27-13-6-4-11(5-7-13)15-9-16(24-28-15)26-14-3-1-2-12(8-14)17-23-22-10-25-17/h1-10,15,24H. The zero-order valence-electron chi connectivity index (χ0n) is 14.0. The highest BCUT2D eigenvalue weighted by atomic mass is 19.4. The fraction of sp³-hybridized carbons (Fsp3) is 0.111. The average Bonchev–Trinajstić information content (AvgIpc) is 3.33. The summed E-state index contributed by atoms with van der Waals surface area (Å²) in [6.07, 6.45) is -2.38. The van der Waals surface area contributed by atoms with Gasteiger partial charge in [0.25, 0.3) is 0 Å².